The van der Waals surface area contributed by atoms with Crippen LogP contribution in [-0.4, -0.2) is 35.6 Å². The Morgan fingerprint density at radius 1 is 0.967 bits per heavy atom. The molecule has 0 saturated carbocycles. The topological polar surface area (TPSA) is 92.3 Å². The molecule has 0 atom stereocenters. The van der Waals surface area contributed by atoms with Crippen LogP contribution in [0.1, 0.15) is 32.9 Å². The number of aryl methyl sites for hydroxylation is 3. The number of amides is 1. The lowest BCUT2D eigenvalue weighted by Crippen LogP contribution is -2.27. The number of rotatable bonds is 6. The SMILES string of the molecule is Cc1ccc(S(=O)(=O)N(C)Cc2ncc(C(=O)Nc3ccc(C)c(C)c3)cn2)cc1. The van der Waals surface area contributed by atoms with Crippen LogP contribution >= 0.6 is 0 Å². The van der Waals surface area contributed by atoms with Crippen molar-refractivity contribution in [1.29, 1.82) is 0 Å². The number of aromatic nitrogens is 2. The third kappa shape index (κ3) is 4.90. The van der Waals surface area contributed by atoms with Gasteiger partial charge in [-0.15, -0.1) is 0 Å². The number of nitrogens with one attached hydrogen (secondary N) is 1. The minimum Gasteiger partial charge on any atom is -0.322 e. The summed E-state index contributed by atoms with van der Waals surface area (Å²) in [6.07, 6.45) is 2.79. The second kappa shape index (κ2) is 8.73. The Morgan fingerprint density at radius 3 is 2.20 bits per heavy atom. The Balaban J connectivity index is 1.68. The maximum Gasteiger partial charge on any atom is 0.258 e. The van der Waals surface area contributed by atoms with E-state index in [9.17, 15) is 13.2 Å². The summed E-state index contributed by atoms with van der Waals surface area (Å²) in [6.45, 7) is 5.87. The number of hydrogen-bond donors (Lipinski definition) is 1. The highest BCUT2D eigenvalue weighted by Crippen LogP contribution is 2.17. The first-order chi connectivity index (χ1) is 14.2. The summed E-state index contributed by atoms with van der Waals surface area (Å²) < 4.78 is 26.6. The summed E-state index contributed by atoms with van der Waals surface area (Å²) in [4.78, 5) is 20.9. The van der Waals surface area contributed by atoms with Gasteiger partial charge in [0.05, 0.1) is 17.0 Å². The van der Waals surface area contributed by atoms with E-state index in [2.05, 4.69) is 15.3 Å². The van der Waals surface area contributed by atoms with Gasteiger partial charge >= 0.3 is 0 Å². The summed E-state index contributed by atoms with van der Waals surface area (Å²) in [6, 6.07) is 12.3. The third-order valence-corrected chi connectivity index (χ3v) is 6.64. The molecule has 0 radical (unpaired) electrons. The molecule has 0 unspecified atom stereocenters. The van der Waals surface area contributed by atoms with Crippen LogP contribution in [0.4, 0.5) is 5.69 Å². The van der Waals surface area contributed by atoms with Gasteiger partial charge in [0.2, 0.25) is 10.0 Å². The summed E-state index contributed by atoms with van der Waals surface area (Å²) in [7, 11) is -2.18. The van der Waals surface area contributed by atoms with Gasteiger partial charge in [-0.2, -0.15) is 4.31 Å². The molecule has 0 bridgehead atoms. The summed E-state index contributed by atoms with van der Waals surface area (Å²) in [5.41, 5.74) is 4.19. The number of carbonyl (C=O) groups excluding carboxylic acids is 1. The average molecular weight is 425 g/mol. The van der Waals surface area contributed by atoms with E-state index in [-0.39, 0.29) is 17.3 Å². The molecule has 0 spiro atoms. The minimum atomic E-state index is -3.65. The first kappa shape index (κ1) is 21.6. The minimum absolute atomic E-state index is 0.00470. The molecule has 0 aliphatic carbocycles. The Morgan fingerprint density at radius 2 is 1.60 bits per heavy atom. The van der Waals surface area contributed by atoms with Crippen molar-refractivity contribution < 1.29 is 13.2 Å². The lowest BCUT2D eigenvalue weighted by molar-refractivity contribution is 0.102. The van der Waals surface area contributed by atoms with Gasteiger partial charge in [0, 0.05) is 25.1 Å². The molecule has 1 heterocycles. The largest absolute Gasteiger partial charge is 0.322 e. The third-order valence-electron chi connectivity index (χ3n) is 4.83. The highest BCUT2D eigenvalue weighted by atomic mass is 32.2. The van der Waals surface area contributed by atoms with Crippen molar-refractivity contribution in [2.24, 2.45) is 0 Å². The highest BCUT2D eigenvalue weighted by molar-refractivity contribution is 7.89. The molecule has 0 fully saturated rings. The second-order valence-corrected chi connectivity index (χ2v) is 9.26. The quantitative estimate of drug-likeness (QED) is 0.654. The van der Waals surface area contributed by atoms with E-state index in [1.165, 1.54) is 23.7 Å². The number of hydrogen-bond acceptors (Lipinski definition) is 5. The van der Waals surface area contributed by atoms with E-state index < -0.39 is 10.0 Å². The van der Waals surface area contributed by atoms with Gasteiger partial charge in [-0.3, -0.25) is 4.79 Å². The van der Waals surface area contributed by atoms with Gasteiger partial charge in [-0.05, 0) is 56.2 Å². The summed E-state index contributed by atoms with van der Waals surface area (Å²) in [5.74, 6) is -0.0265. The molecule has 1 amide bonds. The van der Waals surface area contributed by atoms with Crippen molar-refractivity contribution >= 4 is 21.6 Å². The van der Waals surface area contributed by atoms with E-state index in [0.717, 1.165) is 16.7 Å². The van der Waals surface area contributed by atoms with E-state index in [1.807, 2.05) is 39.0 Å². The zero-order valence-electron chi connectivity index (χ0n) is 17.4. The first-order valence-electron chi connectivity index (χ1n) is 9.39. The molecule has 30 heavy (non-hydrogen) atoms. The van der Waals surface area contributed by atoms with Crippen molar-refractivity contribution in [1.82, 2.24) is 14.3 Å². The van der Waals surface area contributed by atoms with Crippen LogP contribution in [0, 0.1) is 20.8 Å². The summed E-state index contributed by atoms with van der Waals surface area (Å²) in [5, 5.41) is 2.81. The number of anilines is 1. The molecule has 156 valence electrons. The Labute approximate surface area is 176 Å². The van der Waals surface area contributed by atoms with E-state index in [0.29, 0.717) is 17.1 Å². The van der Waals surface area contributed by atoms with Crippen LogP contribution < -0.4 is 5.32 Å². The molecule has 2 aromatic carbocycles. The van der Waals surface area contributed by atoms with Crippen molar-refractivity contribution in [3.05, 3.63) is 82.9 Å². The Hall–Kier alpha value is -3.10. The molecule has 7 nitrogen and oxygen atoms in total. The van der Waals surface area contributed by atoms with E-state index in [1.54, 1.807) is 24.3 Å². The number of carbonyl (C=O) groups is 1. The van der Waals surface area contributed by atoms with Gasteiger partial charge in [0.1, 0.15) is 5.82 Å². The second-order valence-electron chi connectivity index (χ2n) is 7.22. The van der Waals surface area contributed by atoms with Crippen LogP contribution in [-0.2, 0) is 16.6 Å². The monoisotopic (exact) mass is 424 g/mol. The van der Waals surface area contributed by atoms with Crippen LogP contribution in [0.5, 0.6) is 0 Å². The molecule has 1 aromatic heterocycles. The number of benzene rings is 2. The molecule has 3 aromatic rings. The maximum absolute atomic E-state index is 12.7. The van der Waals surface area contributed by atoms with Gasteiger partial charge in [-0.1, -0.05) is 23.8 Å². The van der Waals surface area contributed by atoms with Crippen molar-refractivity contribution in [2.45, 2.75) is 32.2 Å². The fraction of sp³-hybridized carbons (Fsp3) is 0.227. The van der Waals surface area contributed by atoms with Gasteiger partial charge in [0.15, 0.2) is 0 Å². The standard InChI is InChI=1S/C22H24N4O3S/c1-15-5-9-20(10-6-15)30(28,29)26(4)14-21-23-12-18(13-24-21)22(27)25-19-8-7-16(2)17(3)11-19/h5-13H,14H2,1-4H3,(H,25,27). The molecule has 1 N–H and O–H groups in total. The summed E-state index contributed by atoms with van der Waals surface area (Å²) >= 11 is 0. The van der Waals surface area contributed by atoms with Gasteiger partial charge in [-0.25, -0.2) is 18.4 Å². The lowest BCUT2D eigenvalue weighted by Gasteiger charge is -2.16. The van der Waals surface area contributed by atoms with Crippen LogP contribution in [0.3, 0.4) is 0 Å². The molecule has 0 aliphatic rings. The van der Waals surface area contributed by atoms with Gasteiger partial charge < -0.3 is 5.32 Å². The smallest absolute Gasteiger partial charge is 0.258 e. The lowest BCUT2D eigenvalue weighted by atomic mass is 10.1. The number of nitrogens with zero attached hydrogens (tertiary/aromatic N) is 3. The zero-order chi connectivity index (χ0) is 21.9. The van der Waals surface area contributed by atoms with Gasteiger partial charge in [0.25, 0.3) is 5.91 Å². The zero-order valence-corrected chi connectivity index (χ0v) is 18.2. The first-order valence-corrected chi connectivity index (χ1v) is 10.8. The molecule has 0 aliphatic heterocycles. The van der Waals surface area contributed by atoms with E-state index >= 15 is 0 Å². The van der Waals surface area contributed by atoms with Crippen LogP contribution in [0.15, 0.2) is 59.8 Å². The predicted molar refractivity (Wildman–Crippen MR) is 116 cm³/mol. The average Bonchev–Trinajstić information content (AvgIpc) is 2.71. The van der Waals surface area contributed by atoms with E-state index in [4.69, 9.17) is 0 Å². The fourth-order valence-electron chi connectivity index (χ4n) is 2.75. The van der Waals surface area contributed by atoms with Crippen molar-refractivity contribution in [2.75, 3.05) is 12.4 Å². The molecule has 8 heteroatoms. The van der Waals surface area contributed by atoms with Crippen LogP contribution in [0.2, 0.25) is 0 Å². The predicted octanol–water partition coefficient (Wildman–Crippen LogP) is 3.47. The fourth-order valence-corrected chi connectivity index (χ4v) is 3.88. The Bertz CT molecular complexity index is 1160. The normalized spacial score (nSPS) is 11.5. The molecular weight excluding hydrogens is 400 g/mol. The van der Waals surface area contributed by atoms with Crippen molar-refractivity contribution in [3.63, 3.8) is 0 Å². The number of sulfonamides is 1. The maximum atomic E-state index is 12.7. The highest BCUT2D eigenvalue weighted by Gasteiger charge is 2.21. The Kier molecular flexibility index (Phi) is 6.28. The van der Waals surface area contributed by atoms with Crippen LogP contribution in [0.25, 0.3) is 0 Å². The van der Waals surface area contributed by atoms with Crippen molar-refractivity contribution in [3.8, 4) is 0 Å². The molecule has 3 rings (SSSR count). The molecular formula is C22H24N4O3S. The molecule has 0 saturated heterocycles.